The highest BCUT2D eigenvalue weighted by atomic mass is 127. The predicted octanol–water partition coefficient (Wildman–Crippen LogP) is 3.96. The van der Waals surface area contributed by atoms with Crippen LogP contribution in [0.3, 0.4) is 0 Å². The first-order valence-electron chi connectivity index (χ1n) is 9.06. The van der Waals surface area contributed by atoms with Gasteiger partial charge < -0.3 is 20.5 Å². The molecule has 7 heteroatoms. The van der Waals surface area contributed by atoms with Crippen LogP contribution in [0, 0.1) is 0 Å². The minimum Gasteiger partial charge on any atom is -0.493 e. The number of hydrogen-bond acceptors (Lipinski definition) is 4. The molecule has 1 unspecified atom stereocenters. The van der Waals surface area contributed by atoms with Gasteiger partial charge in [0.05, 0.1) is 14.2 Å². The van der Waals surface area contributed by atoms with Crippen molar-refractivity contribution >= 4 is 35.6 Å². The van der Waals surface area contributed by atoms with Gasteiger partial charge in [0.2, 0.25) is 0 Å². The highest BCUT2D eigenvalue weighted by Crippen LogP contribution is 2.29. The molecule has 0 radical (unpaired) electrons. The molecule has 6 nitrogen and oxygen atoms in total. The standard InChI is InChI=1S/C21H30N4O2.HI/c1-16(25(2)15-17-8-6-5-7-9-17)12-13-23-21(22)24-18-10-11-19(26-3)20(14-18)27-4;/h5-11,14,16H,12-13,15H2,1-4H3,(H3,22,23,24);1H. The highest BCUT2D eigenvalue weighted by Gasteiger charge is 2.09. The Balaban J connectivity index is 0.00000392. The molecule has 0 fully saturated rings. The number of hydrogen-bond donors (Lipinski definition) is 2. The fraction of sp³-hybridized carbons (Fsp3) is 0.381. The number of nitrogens with zero attached hydrogens (tertiary/aromatic N) is 2. The van der Waals surface area contributed by atoms with E-state index < -0.39 is 0 Å². The van der Waals surface area contributed by atoms with Gasteiger partial charge in [-0.25, -0.2) is 0 Å². The Kier molecular flexibility index (Phi) is 10.7. The third-order valence-corrected chi connectivity index (χ3v) is 4.51. The molecule has 0 spiro atoms. The van der Waals surface area contributed by atoms with Crippen molar-refractivity contribution in [1.29, 1.82) is 0 Å². The molecule has 2 rings (SSSR count). The van der Waals surface area contributed by atoms with Crippen LogP contribution >= 0.6 is 24.0 Å². The Labute approximate surface area is 185 Å². The molecule has 0 saturated heterocycles. The first kappa shape index (κ1) is 24.0. The van der Waals surface area contributed by atoms with E-state index in [2.05, 4.69) is 53.4 Å². The van der Waals surface area contributed by atoms with Crippen molar-refractivity contribution in [3.05, 3.63) is 54.1 Å². The van der Waals surface area contributed by atoms with E-state index in [9.17, 15) is 0 Å². The van der Waals surface area contributed by atoms with Gasteiger partial charge in [-0.05, 0) is 38.1 Å². The van der Waals surface area contributed by atoms with Gasteiger partial charge in [0, 0.05) is 30.9 Å². The number of nitrogens with two attached hydrogens (primary N) is 1. The molecule has 0 aliphatic carbocycles. The number of guanidine groups is 1. The molecule has 1 atom stereocenters. The summed E-state index contributed by atoms with van der Waals surface area (Å²) in [6.07, 6.45) is 0.928. The third-order valence-electron chi connectivity index (χ3n) is 4.51. The molecule has 0 aromatic heterocycles. The smallest absolute Gasteiger partial charge is 0.193 e. The summed E-state index contributed by atoms with van der Waals surface area (Å²) in [5.41, 5.74) is 8.13. The van der Waals surface area contributed by atoms with E-state index >= 15 is 0 Å². The molecule has 0 amide bonds. The lowest BCUT2D eigenvalue weighted by Gasteiger charge is -2.24. The summed E-state index contributed by atoms with van der Waals surface area (Å²) in [5.74, 6) is 1.71. The summed E-state index contributed by atoms with van der Waals surface area (Å²) in [6, 6.07) is 16.4. The highest BCUT2D eigenvalue weighted by molar-refractivity contribution is 14.0. The summed E-state index contributed by atoms with van der Waals surface area (Å²) in [6.45, 7) is 3.79. The summed E-state index contributed by atoms with van der Waals surface area (Å²) >= 11 is 0. The molecule has 2 aromatic carbocycles. The first-order chi connectivity index (χ1) is 13.0. The van der Waals surface area contributed by atoms with Crippen molar-refractivity contribution in [2.45, 2.75) is 25.9 Å². The second-order valence-corrected chi connectivity index (χ2v) is 6.50. The van der Waals surface area contributed by atoms with Crippen molar-refractivity contribution in [3.63, 3.8) is 0 Å². The van der Waals surface area contributed by atoms with Crippen LogP contribution in [-0.2, 0) is 6.54 Å². The number of benzene rings is 2. The van der Waals surface area contributed by atoms with E-state index in [0.717, 1.165) is 18.7 Å². The minimum absolute atomic E-state index is 0. The molecule has 0 heterocycles. The molecule has 0 bridgehead atoms. The number of methoxy groups -OCH3 is 2. The van der Waals surface area contributed by atoms with E-state index in [1.165, 1.54) is 5.56 Å². The van der Waals surface area contributed by atoms with Gasteiger partial charge in [0.1, 0.15) is 0 Å². The van der Waals surface area contributed by atoms with Crippen LogP contribution in [0.2, 0.25) is 0 Å². The van der Waals surface area contributed by atoms with Crippen LogP contribution in [0.15, 0.2) is 53.5 Å². The maximum absolute atomic E-state index is 6.01. The van der Waals surface area contributed by atoms with Crippen LogP contribution in [0.25, 0.3) is 0 Å². The summed E-state index contributed by atoms with van der Waals surface area (Å²) in [5, 5.41) is 3.09. The number of halogens is 1. The van der Waals surface area contributed by atoms with Gasteiger partial charge in [0.15, 0.2) is 17.5 Å². The number of nitrogens with one attached hydrogen (secondary N) is 1. The number of rotatable bonds is 9. The molecule has 154 valence electrons. The summed E-state index contributed by atoms with van der Waals surface area (Å²) in [7, 11) is 5.34. The van der Waals surface area contributed by atoms with E-state index in [1.807, 2.05) is 24.3 Å². The van der Waals surface area contributed by atoms with Crippen molar-refractivity contribution in [3.8, 4) is 11.5 Å². The van der Waals surface area contributed by atoms with Crippen molar-refractivity contribution in [2.75, 3.05) is 33.1 Å². The van der Waals surface area contributed by atoms with Gasteiger partial charge in [0.25, 0.3) is 0 Å². The number of anilines is 1. The van der Waals surface area contributed by atoms with Crippen LogP contribution in [0.1, 0.15) is 18.9 Å². The monoisotopic (exact) mass is 498 g/mol. The maximum Gasteiger partial charge on any atom is 0.193 e. The Morgan fingerprint density at radius 3 is 2.43 bits per heavy atom. The van der Waals surface area contributed by atoms with Crippen LogP contribution in [0.4, 0.5) is 5.69 Å². The number of aliphatic imine (C=N–C) groups is 1. The fourth-order valence-corrected chi connectivity index (χ4v) is 2.72. The van der Waals surface area contributed by atoms with Gasteiger partial charge in [-0.2, -0.15) is 0 Å². The van der Waals surface area contributed by atoms with E-state index in [4.69, 9.17) is 15.2 Å². The Morgan fingerprint density at radius 2 is 1.79 bits per heavy atom. The predicted molar refractivity (Wildman–Crippen MR) is 127 cm³/mol. The molecule has 3 N–H and O–H groups in total. The zero-order valence-electron chi connectivity index (χ0n) is 17.0. The molecular weight excluding hydrogens is 467 g/mol. The summed E-state index contributed by atoms with van der Waals surface area (Å²) < 4.78 is 10.5. The lowest BCUT2D eigenvalue weighted by Crippen LogP contribution is -2.30. The number of ether oxygens (including phenoxy) is 2. The third kappa shape index (κ3) is 7.55. The van der Waals surface area contributed by atoms with Crippen molar-refractivity contribution in [1.82, 2.24) is 4.90 Å². The average molecular weight is 498 g/mol. The largest absolute Gasteiger partial charge is 0.493 e. The van der Waals surface area contributed by atoms with Crippen LogP contribution < -0.4 is 20.5 Å². The SMILES string of the molecule is COc1ccc(NC(N)=NCCC(C)N(C)Cc2ccccc2)cc1OC.I. The van der Waals surface area contributed by atoms with Gasteiger partial charge >= 0.3 is 0 Å². The summed E-state index contributed by atoms with van der Waals surface area (Å²) in [4.78, 5) is 6.75. The van der Waals surface area contributed by atoms with E-state index in [1.54, 1.807) is 14.2 Å². The second kappa shape index (κ2) is 12.5. The molecular formula is C21H31IN4O2. The topological polar surface area (TPSA) is 72.1 Å². The molecule has 0 aliphatic rings. The van der Waals surface area contributed by atoms with Gasteiger partial charge in [-0.3, -0.25) is 9.89 Å². The first-order valence-corrected chi connectivity index (χ1v) is 9.06. The zero-order valence-corrected chi connectivity index (χ0v) is 19.3. The second-order valence-electron chi connectivity index (χ2n) is 6.50. The van der Waals surface area contributed by atoms with Crippen molar-refractivity contribution < 1.29 is 9.47 Å². The molecule has 2 aromatic rings. The zero-order chi connectivity index (χ0) is 19.6. The molecule has 0 aliphatic heterocycles. The molecule has 28 heavy (non-hydrogen) atoms. The maximum atomic E-state index is 6.01. The van der Waals surface area contributed by atoms with Gasteiger partial charge in [-0.15, -0.1) is 24.0 Å². The Morgan fingerprint density at radius 1 is 1.11 bits per heavy atom. The minimum atomic E-state index is 0. The van der Waals surface area contributed by atoms with Crippen LogP contribution in [-0.4, -0.2) is 44.7 Å². The van der Waals surface area contributed by atoms with E-state index in [-0.39, 0.29) is 24.0 Å². The van der Waals surface area contributed by atoms with Crippen LogP contribution in [0.5, 0.6) is 11.5 Å². The Bertz CT molecular complexity index is 740. The Hall–Kier alpha value is -2.00. The lowest BCUT2D eigenvalue weighted by atomic mass is 10.1. The van der Waals surface area contributed by atoms with E-state index in [0.29, 0.717) is 30.0 Å². The quantitative estimate of drug-likeness (QED) is 0.311. The van der Waals surface area contributed by atoms with Gasteiger partial charge in [-0.1, -0.05) is 30.3 Å². The average Bonchev–Trinajstić information content (AvgIpc) is 2.68. The normalized spacial score (nSPS) is 12.2. The van der Waals surface area contributed by atoms with Crippen molar-refractivity contribution in [2.24, 2.45) is 10.7 Å². The lowest BCUT2D eigenvalue weighted by molar-refractivity contribution is 0.240. The molecule has 0 saturated carbocycles. The fourth-order valence-electron chi connectivity index (χ4n) is 2.72.